The van der Waals surface area contributed by atoms with Crippen LogP contribution in [-0.4, -0.2) is 14.9 Å². The Morgan fingerprint density at radius 2 is 2.05 bits per heavy atom. The molecule has 106 valence electrons. The van der Waals surface area contributed by atoms with Gasteiger partial charge in [-0.3, -0.25) is 10.1 Å². The number of halogens is 3. The standard InChI is InChI=1S/C11H8F3N3O3/c1-7-4-5-15-16(7)20-8-2-3-10(17(18)19)9(6-8)11(12,13)14/h2-6H,1H3. The number of benzene rings is 1. The molecule has 0 aliphatic rings. The molecule has 1 heterocycles. The van der Waals surface area contributed by atoms with Crippen LogP contribution in [0.15, 0.2) is 30.5 Å². The van der Waals surface area contributed by atoms with Crippen molar-refractivity contribution in [3.05, 3.63) is 51.8 Å². The molecular weight excluding hydrogens is 279 g/mol. The lowest BCUT2D eigenvalue weighted by molar-refractivity contribution is -0.388. The summed E-state index contributed by atoms with van der Waals surface area (Å²) in [4.78, 5) is 15.6. The quantitative estimate of drug-likeness (QED) is 0.642. The molecule has 0 spiro atoms. The van der Waals surface area contributed by atoms with Crippen LogP contribution < -0.4 is 4.84 Å². The van der Waals surface area contributed by atoms with Crippen molar-refractivity contribution in [2.24, 2.45) is 0 Å². The van der Waals surface area contributed by atoms with E-state index in [1.54, 1.807) is 13.0 Å². The lowest BCUT2D eigenvalue weighted by atomic mass is 10.1. The summed E-state index contributed by atoms with van der Waals surface area (Å²) >= 11 is 0. The average molecular weight is 287 g/mol. The second-order valence-electron chi connectivity index (χ2n) is 3.87. The number of nitro benzene ring substituents is 1. The molecule has 0 unspecified atom stereocenters. The number of alkyl halides is 3. The molecule has 6 nitrogen and oxygen atoms in total. The molecule has 0 saturated heterocycles. The molecule has 0 bridgehead atoms. The zero-order valence-corrected chi connectivity index (χ0v) is 10.1. The Balaban J connectivity index is 2.42. The van der Waals surface area contributed by atoms with Crippen molar-refractivity contribution in [2.75, 3.05) is 0 Å². The Morgan fingerprint density at radius 3 is 2.55 bits per heavy atom. The monoisotopic (exact) mass is 287 g/mol. The van der Waals surface area contributed by atoms with Crippen molar-refractivity contribution in [2.45, 2.75) is 13.1 Å². The maximum atomic E-state index is 12.8. The van der Waals surface area contributed by atoms with E-state index >= 15 is 0 Å². The molecule has 9 heteroatoms. The van der Waals surface area contributed by atoms with Crippen LogP contribution in [0.25, 0.3) is 0 Å². The molecule has 2 aromatic rings. The number of nitro groups is 1. The minimum atomic E-state index is -4.85. The van der Waals surface area contributed by atoms with Gasteiger partial charge in [0.2, 0.25) is 0 Å². The minimum Gasteiger partial charge on any atom is -0.358 e. The van der Waals surface area contributed by atoms with E-state index in [9.17, 15) is 23.3 Å². The van der Waals surface area contributed by atoms with Crippen LogP contribution in [0, 0.1) is 17.0 Å². The molecule has 20 heavy (non-hydrogen) atoms. The van der Waals surface area contributed by atoms with Gasteiger partial charge in [0.1, 0.15) is 5.56 Å². The Morgan fingerprint density at radius 1 is 1.35 bits per heavy atom. The maximum Gasteiger partial charge on any atom is 0.423 e. The van der Waals surface area contributed by atoms with Crippen molar-refractivity contribution >= 4 is 5.69 Å². The average Bonchev–Trinajstić information content (AvgIpc) is 2.73. The van der Waals surface area contributed by atoms with Gasteiger partial charge in [-0.25, -0.2) is 0 Å². The van der Waals surface area contributed by atoms with Gasteiger partial charge in [0.05, 0.1) is 16.8 Å². The third-order valence-electron chi connectivity index (χ3n) is 2.45. The molecule has 0 N–H and O–H groups in total. The lowest BCUT2D eigenvalue weighted by Crippen LogP contribution is -2.12. The smallest absolute Gasteiger partial charge is 0.358 e. The Labute approximate surface area is 110 Å². The molecule has 0 aliphatic carbocycles. The zero-order valence-electron chi connectivity index (χ0n) is 10.1. The van der Waals surface area contributed by atoms with E-state index in [0.29, 0.717) is 11.8 Å². The van der Waals surface area contributed by atoms with Gasteiger partial charge in [-0.15, -0.1) is 5.10 Å². The predicted octanol–water partition coefficient (Wildman–Crippen LogP) is 2.96. The fraction of sp³-hybridized carbons (Fsp3) is 0.182. The summed E-state index contributed by atoms with van der Waals surface area (Å²) < 4.78 is 38.3. The summed E-state index contributed by atoms with van der Waals surface area (Å²) in [5.74, 6) is -0.199. The van der Waals surface area contributed by atoms with E-state index in [1.165, 1.54) is 6.20 Å². The number of aryl methyl sites for hydroxylation is 1. The first-order valence-corrected chi connectivity index (χ1v) is 5.33. The molecule has 0 saturated carbocycles. The van der Waals surface area contributed by atoms with E-state index in [1.807, 2.05) is 0 Å². The third kappa shape index (κ3) is 2.71. The van der Waals surface area contributed by atoms with Crippen molar-refractivity contribution in [1.82, 2.24) is 9.94 Å². The van der Waals surface area contributed by atoms with Crippen LogP contribution >= 0.6 is 0 Å². The van der Waals surface area contributed by atoms with Crippen molar-refractivity contribution in [3.8, 4) is 5.75 Å². The van der Waals surface area contributed by atoms with E-state index < -0.39 is 22.4 Å². The Bertz CT molecular complexity index is 652. The van der Waals surface area contributed by atoms with Crippen LogP contribution in [0.5, 0.6) is 5.75 Å². The summed E-state index contributed by atoms with van der Waals surface area (Å²) in [6, 6.07) is 3.99. The second-order valence-corrected chi connectivity index (χ2v) is 3.87. The van der Waals surface area contributed by atoms with Gasteiger partial charge in [-0.05, 0) is 19.1 Å². The summed E-state index contributed by atoms with van der Waals surface area (Å²) in [6.45, 7) is 1.64. The molecule has 0 atom stereocenters. The molecule has 0 fully saturated rings. The van der Waals surface area contributed by atoms with Gasteiger partial charge in [0.25, 0.3) is 5.69 Å². The molecule has 0 aliphatic heterocycles. The largest absolute Gasteiger partial charge is 0.423 e. The van der Waals surface area contributed by atoms with Gasteiger partial charge in [0, 0.05) is 12.1 Å². The highest BCUT2D eigenvalue weighted by molar-refractivity contribution is 5.46. The molecule has 1 aromatic heterocycles. The van der Waals surface area contributed by atoms with E-state index in [4.69, 9.17) is 4.84 Å². The number of hydrogen-bond acceptors (Lipinski definition) is 4. The highest BCUT2D eigenvalue weighted by atomic mass is 19.4. The van der Waals surface area contributed by atoms with Gasteiger partial charge in [-0.2, -0.15) is 13.2 Å². The van der Waals surface area contributed by atoms with Crippen LogP contribution in [0.3, 0.4) is 0 Å². The molecule has 2 rings (SSSR count). The number of rotatable bonds is 3. The minimum absolute atomic E-state index is 0.199. The summed E-state index contributed by atoms with van der Waals surface area (Å²) in [6.07, 6.45) is -3.44. The molecule has 1 aromatic carbocycles. The van der Waals surface area contributed by atoms with Gasteiger partial charge >= 0.3 is 6.18 Å². The van der Waals surface area contributed by atoms with Crippen LogP contribution in [-0.2, 0) is 6.18 Å². The van der Waals surface area contributed by atoms with Crippen LogP contribution in [0.2, 0.25) is 0 Å². The Kier molecular flexibility index (Phi) is 3.35. The predicted molar refractivity (Wildman–Crippen MR) is 61.1 cm³/mol. The maximum absolute atomic E-state index is 12.8. The normalized spacial score (nSPS) is 11.4. The number of nitrogens with zero attached hydrogens (tertiary/aromatic N) is 3. The number of aromatic nitrogens is 2. The number of hydrogen-bond donors (Lipinski definition) is 0. The van der Waals surface area contributed by atoms with Crippen molar-refractivity contribution < 1.29 is 22.9 Å². The SMILES string of the molecule is Cc1ccnn1Oc1ccc([N+](=O)[O-])c(C(F)(F)F)c1. The van der Waals surface area contributed by atoms with Gasteiger partial charge < -0.3 is 4.84 Å². The van der Waals surface area contributed by atoms with Crippen LogP contribution in [0.4, 0.5) is 18.9 Å². The highest BCUT2D eigenvalue weighted by Gasteiger charge is 2.38. The van der Waals surface area contributed by atoms with Crippen molar-refractivity contribution in [1.29, 1.82) is 0 Å². The molecular formula is C11H8F3N3O3. The second kappa shape index (κ2) is 4.83. The van der Waals surface area contributed by atoms with Gasteiger partial charge in [-0.1, -0.05) is 4.85 Å². The lowest BCUT2D eigenvalue weighted by Gasteiger charge is -2.10. The molecule has 0 amide bonds. The zero-order chi connectivity index (χ0) is 14.9. The fourth-order valence-electron chi connectivity index (χ4n) is 1.51. The summed E-state index contributed by atoms with van der Waals surface area (Å²) in [5.41, 5.74) is -1.83. The third-order valence-corrected chi connectivity index (χ3v) is 2.45. The summed E-state index contributed by atoms with van der Waals surface area (Å²) in [7, 11) is 0. The molecule has 0 radical (unpaired) electrons. The van der Waals surface area contributed by atoms with E-state index in [0.717, 1.165) is 17.0 Å². The first kappa shape index (κ1) is 13.8. The highest BCUT2D eigenvalue weighted by Crippen LogP contribution is 2.38. The fourth-order valence-corrected chi connectivity index (χ4v) is 1.51. The van der Waals surface area contributed by atoms with Crippen LogP contribution in [0.1, 0.15) is 11.3 Å². The first-order valence-electron chi connectivity index (χ1n) is 5.33. The van der Waals surface area contributed by atoms with Crippen molar-refractivity contribution in [3.63, 3.8) is 0 Å². The Hall–Kier alpha value is -2.58. The first-order chi connectivity index (χ1) is 9.29. The summed E-state index contributed by atoms with van der Waals surface area (Å²) in [5, 5.41) is 14.3. The van der Waals surface area contributed by atoms with Gasteiger partial charge in [0.15, 0.2) is 5.75 Å². The topological polar surface area (TPSA) is 70.2 Å². The van der Waals surface area contributed by atoms with E-state index in [-0.39, 0.29) is 5.75 Å². The van der Waals surface area contributed by atoms with E-state index in [2.05, 4.69) is 5.10 Å².